The van der Waals surface area contributed by atoms with Crippen LogP contribution in [-0.4, -0.2) is 15.6 Å². The predicted octanol–water partition coefficient (Wildman–Crippen LogP) is 3.52. The SMILES string of the molecule is Cc1cc(CC(=O)c2cc(I)ccc2Br)n(C)n1. The molecule has 0 amide bonds. The summed E-state index contributed by atoms with van der Waals surface area (Å²) in [4.78, 5) is 12.3. The molecule has 0 fully saturated rings. The summed E-state index contributed by atoms with van der Waals surface area (Å²) in [6, 6.07) is 7.72. The molecule has 0 saturated heterocycles. The van der Waals surface area contributed by atoms with Crippen LogP contribution < -0.4 is 0 Å². The minimum atomic E-state index is 0.100. The third-order valence-corrected chi connectivity index (χ3v) is 4.03. The van der Waals surface area contributed by atoms with Crippen molar-refractivity contribution in [3.63, 3.8) is 0 Å². The van der Waals surface area contributed by atoms with Crippen LogP contribution in [0.15, 0.2) is 28.7 Å². The molecule has 0 aliphatic heterocycles. The molecule has 0 unspecified atom stereocenters. The third-order valence-electron chi connectivity index (χ3n) is 2.67. The van der Waals surface area contributed by atoms with Gasteiger partial charge in [0.15, 0.2) is 5.78 Å². The van der Waals surface area contributed by atoms with Gasteiger partial charge >= 0.3 is 0 Å². The Morgan fingerprint density at radius 2 is 2.17 bits per heavy atom. The van der Waals surface area contributed by atoms with Crippen LogP contribution in [0.2, 0.25) is 0 Å². The number of aromatic nitrogens is 2. The number of rotatable bonds is 3. The average Bonchev–Trinajstić information content (AvgIpc) is 2.61. The van der Waals surface area contributed by atoms with E-state index in [0.717, 1.165) is 25.0 Å². The summed E-state index contributed by atoms with van der Waals surface area (Å²) in [5, 5.41) is 4.25. The number of hydrogen-bond acceptors (Lipinski definition) is 2. The largest absolute Gasteiger partial charge is 0.294 e. The van der Waals surface area contributed by atoms with E-state index >= 15 is 0 Å². The van der Waals surface area contributed by atoms with Crippen LogP contribution in [0.4, 0.5) is 0 Å². The fourth-order valence-corrected chi connectivity index (χ4v) is 2.76. The number of nitrogens with zero attached hydrogens (tertiary/aromatic N) is 2. The Balaban J connectivity index is 2.27. The van der Waals surface area contributed by atoms with Crippen LogP contribution >= 0.6 is 38.5 Å². The van der Waals surface area contributed by atoms with E-state index in [9.17, 15) is 4.79 Å². The average molecular weight is 419 g/mol. The molecule has 0 aliphatic rings. The van der Waals surface area contributed by atoms with E-state index in [4.69, 9.17) is 0 Å². The minimum absolute atomic E-state index is 0.100. The molecule has 1 aromatic heterocycles. The van der Waals surface area contributed by atoms with Gasteiger partial charge in [-0.1, -0.05) is 15.9 Å². The van der Waals surface area contributed by atoms with Gasteiger partial charge in [-0.25, -0.2) is 0 Å². The zero-order valence-corrected chi connectivity index (χ0v) is 13.8. The predicted molar refractivity (Wildman–Crippen MR) is 82.8 cm³/mol. The highest BCUT2D eigenvalue weighted by Crippen LogP contribution is 2.21. The molecule has 0 saturated carbocycles. The highest BCUT2D eigenvalue weighted by molar-refractivity contribution is 14.1. The molecular weight excluding hydrogens is 407 g/mol. The van der Waals surface area contributed by atoms with E-state index in [0.29, 0.717) is 6.42 Å². The van der Waals surface area contributed by atoms with Crippen LogP contribution in [0.25, 0.3) is 0 Å². The number of ketones is 1. The molecule has 0 aliphatic carbocycles. The summed E-state index contributed by atoms with van der Waals surface area (Å²) in [6.45, 7) is 1.93. The van der Waals surface area contributed by atoms with E-state index in [2.05, 4.69) is 43.6 Å². The Kier molecular flexibility index (Phi) is 4.21. The molecule has 2 rings (SSSR count). The molecule has 1 aromatic carbocycles. The van der Waals surface area contributed by atoms with Gasteiger partial charge in [-0.3, -0.25) is 9.48 Å². The summed E-state index contributed by atoms with van der Waals surface area (Å²) in [5.41, 5.74) is 2.59. The Morgan fingerprint density at radius 3 is 2.78 bits per heavy atom. The summed E-state index contributed by atoms with van der Waals surface area (Å²) in [5.74, 6) is 0.100. The van der Waals surface area contributed by atoms with Gasteiger partial charge in [-0.15, -0.1) is 0 Å². The minimum Gasteiger partial charge on any atom is -0.294 e. The van der Waals surface area contributed by atoms with Gasteiger partial charge in [0.05, 0.1) is 12.1 Å². The first-order valence-electron chi connectivity index (χ1n) is 5.45. The monoisotopic (exact) mass is 418 g/mol. The Bertz CT molecular complexity index is 607. The molecule has 0 N–H and O–H groups in total. The van der Waals surface area contributed by atoms with Crippen molar-refractivity contribution < 1.29 is 4.79 Å². The van der Waals surface area contributed by atoms with E-state index < -0.39 is 0 Å². The van der Waals surface area contributed by atoms with E-state index in [1.807, 2.05) is 38.2 Å². The molecule has 0 radical (unpaired) electrons. The lowest BCUT2D eigenvalue weighted by atomic mass is 10.1. The lowest BCUT2D eigenvalue weighted by Crippen LogP contribution is -2.08. The molecule has 5 heteroatoms. The van der Waals surface area contributed by atoms with Crippen molar-refractivity contribution >= 4 is 44.3 Å². The molecule has 0 spiro atoms. The second-order valence-electron chi connectivity index (χ2n) is 4.12. The molecule has 94 valence electrons. The van der Waals surface area contributed by atoms with Gasteiger partial charge in [0.1, 0.15) is 0 Å². The maximum Gasteiger partial charge on any atom is 0.169 e. The normalized spacial score (nSPS) is 10.7. The number of benzene rings is 1. The maximum atomic E-state index is 12.3. The first-order valence-corrected chi connectivity index (χ1v) is 7.32. The highest BCUT2D eigenvalue weighted by atomic mass is 127. The summed E-state index contributed by atoms with van der Waals surface area (Å²) >= 11 is 5.63. The van der Waals surface area contributed by atoms with Crippen molar-refractivity contribution in [2.24, 2.45) is 7.05 Å². The van der Waals surface area contributed by atoms with Gasteiger partial charge in [-0.2, -0.15) is 5.10 Å². The van der Waals surface area contributed by atoms with Gasteiger partial charge in [0.2, 0.25) is 0 Å². The Labute approximate surface area is 128 Å². The second-order valence-corrected chi connectivity index (χ2v) is 6.22. The van der Waals surface area contributed by atoms with Gasteiger partial charge in [-0.05, 0) is 53.8 Å². The van der Waals surface area contributed by atoms with Gasteiger partial charge < -0.3 is 0 Å². The maximum absolute atomic E-state index is 12.3. The summed E-state index contributed by atoms with van der Waals surface area (Å²) < 4.78 is 3.65. The van der Waals surface area contributed by atoms with E-state index in [1.54, 1.807) is 4.68 Å². The van der Waals surface area contributed by atoms with Crippen molar-refractivity contribution in [3.05, 3.63) is 49.3 Å². The van der Waals surface area contributed by atoms with Crippen LogP contribution in [0.1, 0.15) is 21.7 Å². The Hall–Kier alpha value is -0.690. The smallest absolute Gasteiger partial charge is 0.169 e. The lowest BCUT2D eigenvalue weighted by molar-refractivity contribution is 0.0990. The van der Waals surface area contributed by atoms with Crippen LogP contribution in [0.5, 0.6) is 0 Å². The number of aryl methyl sites for hydroxylation is 2. The standard InChI is InChI=1S/C13H12BrIN2O/c1-8-5-10(17(2)16-8)7-13(18)11-6-9(15)3-4-12(11)14/h3-6H,7H2,1-2H3. The topological polar surface area (TPSA) is 34.9 Å². The van der Waals surface area contributed by atoms with Gasteiger partial charge in [0, 0.05) is 26.3 Å². The van der Waals surface area contributed by atoms with Crippen molar-refractivity contribution in [3.8, 4) is 0 Å². The first-order chi connectivity index (χ1) is 8.47. The van der Waals surface area contributed by atoms with E-state index in [1.165, 1.54) is 0 Å². The summed E-state index contributed by atoms with van der Waals surface area (Å²) in [6.07, 6.45) is 0.371. The molecular formula is C13H12BrIN2O. The van der Waals surface area contributed by atoms with Crippen LogP contribution in [0, 0.1) is 10.5 Å². The number of Topliss-reactive ketones (excluding diaryl/α,β-unsaturated/α-hetero) is 1. The van der Waals surface area contributed by atoms with Gasteiger partial charge in [0.25, 0.3) is 0 Å². The number of carbonyl (C=O) groups is 1. The lowest BCUT2D eigenvalue weighted by Gasteiger charge is -2.05. The number of carbonyl (C=O) groups excluding carboxylic acids is 1. The highest BCUT2D eigenvalue weighted by Gasteiger charge is 2.13. The van der Waals surface area contributed by atoms with E-state index in [-0.39, 0.29) is 5.78 Å². The van der Waals surface area contributed by atoms with Crippen LogP contribution in [-0.2, 0) is 13.5 Å². The second kappa shape index (κ2) is 5.52. The quantitative estimate of drug-likeness (QED) is 0.564. The van der Waals surface area contributed by atoms with Crippen molar-refractivity contribution in [1.82, 2.24) is 9.78 Å². The third kappa shape index (κ3) is 3.00. The molecule has 0 atom stereocenters. The fraction of sp³-hybridized carbons (Fsp3) is 0.231. The molecule has 1 heterocycles. The fourth-order valence-electron chi connectivity index (χ4n) is 1.80. The van der Waals surface area contributed by atoms with Crippen molar-refractivity contribution in [1.29, 1.82) is 0 Å². The number of hydrogen-bond donors (Lipinski definition) is 0. The molecule has 0 bridgehead atoms. The zero-order valence-electron chi connectivity index (χ0n) is 10.1. The Morgan fingerprint density at radius 1 is 1.44 bits per heavy atom. The zero-order chi connectivity index (χ0) is 13.3. The van der Waals surface area contributed by atoms with Crippen LogP contribution in [0.3, 0.4) is 0 Å². The molecule has 18 heavy (non-hydrogen) atoms. The number of halogens is 2. The van der Waals surface area contributed by atoms with Crippen molar-refractivity contribution in [2.45, 2.75) is 13.3 Å². The molecule has 2 aromatic rings. The van der Waals surface area contributed by atoms with Crippen molar-refractivity contribution in [2.75, 3.05) is 0 Å². The summed E-state index contributed by atoms with van der Waals surface area (Å²) in [7, 11) is 1.86. The molecule has 3 nitrogen and oxygen atoms in total. The first kappa shape index (κ1) is 13.7.